The molecule has 0 aliphatic rings. The molecule has 0 bridgehead atoms. The van der Waals surface area contributed by atoms with Gasteiger partial charge in [0.25, 0.3) is 0 Å². The zero-order chi connectivity index (χ0) is 12.3. The fourth-order valence-corrected chi connectivity index (χ4v) is 1.49. The van der Waals surface area contributed by atoms with Gasteiger partial charge in [0.2, 0.25) is 5.95 Å². The Morgan fingerprint density at radius 1 is 1.41 bits per heavy atom. The highest BCUT2D eigenvalue weighted by atomic mass is 16.1. The number of ketones is 1. The standard InChI is InChI=1S/C11H13N5O/c1-9(17)7-15(12)11-13-8-14-16(11)10-5-3-2-4-6-10/h2-6,8H,7,12H2,1H3. The van der Waals surface area contributed by atoms with E-state index >= 15 is 0 Å². The number of anilines is 1. The molecule has 2 N–H and O–H groups in total. The number of hydrogen-bond donors (Lipinski definition) is 1. The molecule has 0 saturated heterocycles. The van der Waals surface area contributed by atoms with E-state index < -0.39 is 0 Å². The number of hydrazine groups is 1. The second kappa shape index (κ2) is 4.75. The van der Waals surface area contributed by atoms with Crippen molar-refractivity contribution in [2.45, 2.75) is 6.92 Å². The summed E-state index contributed by atoms with van der Waals surface area (Å²) in [5.74, 6) is 6.17. The van der Waals surface area contributed by atoms with Crippen LogP contribution in [0.1, 0.15) is 6.92 Å². The lowest BCUT2D eigenvalue weighted by Crippen LogP contribution is -2.37. The highest BCUT2D eigenvalue weighted by Crippen LogP contribution is 2.13. The van der Waals surface area contributed by atoms with Gasteiger partial charge in [-0.25, -0.2) is 5.84 Å². The van der Waals surface area contributed by atoms with Crippen LogP contribution in [0, 0.1) is 0 Å². The maximum absolute atomic E-state index is 11.0. The number of carbonyl (C=O) groups is 1. The summed E-state index contributed by atoms with van der Waals surface area (Å²) in [5.41, 5.74) is 0.846. The van der Waals surface area contributed by atoms with Gasteiger partial charge in [-0.3, -0.25) is 9.80 Å². The van der Waals surface area contributed by atoms with Gasteiger partial charge in [-0.15, -0.1) is 0 Å². The Labute approximate surface area is 98.6 Å². The zero-order valence-corrected chi connectivity index (χ0v) is 9.45. The van der Waals surface area contributed by atoms with E-state index in [0.717, 1.165) is 5.69 Å². The van der Waals surface area contributed by atoms with E-state index in [-0.39, 0.29) is 12.3 Å². The maximum Gasteiger partial charge on any atom is 0.243 e. The first-order valence-corrected chi connectivity index (χ1v) is 5.15. The van der Waals surface area contributed by atoms with Gasteiger partial charge >= 0.3 is 0 Å². The summed E-state index contributed by atoms with van der Waals surface area (Å²) >= 11 is 0. The van der Waals surface area contributed by atoms with Gasteiger partial charge in [-0.05, 0) is 19.1 Å². The SMILES string of the molecule is CC(=O)CN(N)c1ncnn1-c1ccccc1. The maximum atomic E-state index is 11.0. The summed E-state index contributed by atoms with van der Waals surface area (Å²) in [4.78, 5) is 15.1. The first-order chi connectivity index (χ1) is 8.18. The molecule has 88 valence electrons. The molecule has 0 spiro atoms. The van der Waals surface area contributed by atoms with Crippen molar-refractivity contribution in [2.75, 3.05) is 11.6 Å². The Morgan fingerprint density at radius 2 is 2.12 bits per heavy atom. The third-order valence-electron chi connectivity index (χ3n) is 2.18. The largest absolute Gasteiger partial charge is 0.298 e. The minimum atomic E-state index is -0.0323. The molecule has 0 atom stereocenters. The van der Waals surface area contributed by atoms with E-state index in [0.29, 0.717) is 5.95 Å². The van der Waals surface area contributed by atoms with E-state index in [2.05, 4.69) is 10.1 Å². The van der Waals surface area contributed by atoms with E-state index in [9.17, 15) is 4.79 Å². The van der Waals surface area contributed by atoms with Crippen LogP contribution in [0.25, 0.3) is 5.69 Å². The summed E-state index contributed by atoms with van der Waals surface area (Å²) in [6.45, 7) is 1.58. The van der Waals surface area contributed by atoms with Crippen molar-refractivity contribution in [3.63, 3.8) is 0 Å². The van der Waals surface area contributed by atoms with Gasteiger partial charge in [0.05, 0.1) is 12.2 Å². The highest BCUT2D eigenvalue weighted by molar-refractivity contribution is 5.80. The Morgan fingerprint density at radius 3 is 2.76 bits per heavy atom. The molecule has 2 aromatic rings. The first-order valence-electron chi connectivity index (χ1n) is 5.15. The molecule has 0 aliphatic heterocycles. The number of rotatable bonds is 4. The van der Waals surface area contributed by atoms with Gasteiger partial charge < -0.3 is 0 Å². The van der Waals surface area contributed by atoms with E-state index in [4.69, 9.17) is 5.84 Å². The molecular formula is C11H13N5O. The molecule has 2 rings (SSSR count). The second-order valence-electron chi connectivity index (χ2n) is 3.64. The summed E-state index contributed by atoms with van der Waals surface area (Å²) in [6, 6.07) is 9.48. The van der Waals surface area contributed by atoms with Crippen molar-refractivity contribution < 1.29 is 4.79 Å². The molecule has 0 fully saturated rings. The molecule has 6 heteroatoms. The average Bonchev–Trinajstić information content (AvgIpc) is 2.78. The predicted molar refractivity (Wildman–Crippen MR) is 63.6 cm³/mol. The van der Waals surface area contributed by atoms with Crippen molar-refractivity contribution in [1.82, 2.24) is 14.8 Å². The number of benzene rings is 1. The lowest BCUT2D eigenvalue weighted by molar-refractivity contribution is -0.115. The summed E-state index contributed by atoms with van der Waals surface area (Å²) in [7, 11) is 0. The summed E-state index contributed by atoms with van der Waals surface area (Å²) in [5, 5.41) is 5.37. The van der Waals surface area contributed by atoms with Crippen LogP contribution in [0.2, 0.25) is 0 Å². The van der Waals surface area contributed by atoms with Gasteiger partial charge in [0.1, 0.15) is 6.33 Å². The smallest absolute Gasteiger partial charge is 0.243 e. The van der Waals surface area contributed by atoms with Crippen LogP contribution >= 0.6 is 0 Å². The average molecular weight is 231 g/mol. The number of para-hydroxylation sites is 1. The topological polar surface area (TPSA) is 77.0 Å². The fraction of sp³-hybridized carbons (Fsp3) is 0.182. The molecule has 1 aromatic carbocycles. The third-order valence-corrected chi connectivity index (χ3v) is 2.18. The first kappa shape index (κ1) is 11.3. The highest BCUT2D eigenvalue weighted by Gasteiger charge is 2.12. The van der Waals surface area contributed by atoms with Gasteiger partial charge in [0.15, 0.2) is 5.78 Å². The molecule has 1 heterocycles. The number of aromatic nitrogens is 3. The van der Waals surface area contributed by atoms with Gasteiger partial charge in [-0.2, -0.15) is 14.8 Å². The van der Waals surface area contributed by atoms with Gasteiger partial charge in [-0.1, -0.05) is 18.2 Å². The second-order valence-corrected chi connectivity index (χ2v) is 3.64. The Balaban J connectivity index is 2.32. The molecular weight excluding hydrogens is 218 g/mol. The summed E-state index contributed by atoms with van der Waals surface area (Å²) < 4.78 is 1.59. The molecule has 17 heavy (non-hydrogen) atoms. The van der Waals surface area contributed by atoms with Crippen LogP contribution in [0.4, 0.5) is 5.95 Å². The zero-order valence-electron chi connectivity index (χ0n) is 9.45. The number of nitrogens with two attached hydrogens (primary N) is 1. The molecule has 6 nitrogen and oxygen atoms in total. The van der Waals surface area contributed by atoms with Crippen LogP contribution in [-0.2, 0) is 4.79 Å². The molecule has 1 aromatic heterocycles. The Kier molecular flexibility index (Phi) is 3.15. The number of hydrogen-bond acceptors (Lipinski definition) is 5. The van der Waals surface area contributed by atoms with E-state index in [1.54, 1.807) is 4.68 Å². The lowest BCUT2D eigenvalue weighted by Gasteiger charge is -2.16. The van der Waals surface area contributed by atoms with Crippen molar-refractivity contribution in [3.8, 4) is 5.69 Å². The van der Waals surface area contributed by atoms with Crippen molar-refractivity contribution in [3.05, 3.63) is 36.7 Å². The number of carbonyl (C=O) groups excluding carboxylic acids is 1. The Bertz CT molecular complexity index is 508. The lowest BCUT2D eigenvalue weighted by atomic mass is 10.3. The normalized spacial score (nSPS) is 10.2. The predicted octanol–water partition coefficient (Wildman–Crippen LogP) is 0.536. The van der Waals surface area contributed by atoms with Crippen LogP contribution in [0.5, 0.6) is 0 Å². The summed E-state index contributed by atoms with van der Waals surface area (Å²) in [6.07, 6.45) is 1.41. The Hall–Kier alpha value is -2.21. The fourth-order valence-electron chi connectivity index (χ4n) is 1.49. The van der Waals surface area contributed by atoms with Gasteiger partial charge in [0, 0.05) is 0 Å². The number of nitrogens with zero attached hydrogens (tertiary/aromatic N) is 4. The van der Waals surface area contributed by atoms with E-state index in [1.807, 2.05) is 30.3 Å². The monoisotopic (exact) mass is 231 g/mol. The van der Waals surface area contributed by atoms with Crippen molar-refractivity contribution >= 4 is 11.7 Å². The van der Waals surface area contributed by atoms with Crippen molar-refractivity contribution in [2.24, 2.45) is 5.84 Å². The molecule has 0 radical (unpaired) electrons. The molecule has 0 saturated carbocycles. The van der Waals surface area contributed by atoms with E-state index in [1.165, 1.54) is 18.3 Å². The van der Waals surface area contributed by atoms with Crippen LogP contribution < -0.4 is 10.9 Å². The quantitative estimate of drug-likeness (QED) is 0.613. The minimum absolute atomic E-state index is 0.0323. The van der Waals surface area contributed by atoms with Crippen LogP contribution in [-0.4, -0.2) is 27.1 Å². The third kappa shape index (κ3) is 2.48. The molecule has 0 aliphatic carbocycles. The number of Topliss-reactive ketones (excluding diaryl/α,β-unsaturated/α-hetero) is 1. The van der Waals surface area contributed by atoms with Crippen molar-refractivity contribution in [1.29, 1.82) is 0 Å². The molecule has 0 amide bonds. The van der Waals surface area contributed by atoms with Crippen LogP contribution in [0.15, 0.2) is 36.7 Å². The minimum Gasteiger partial charge on any atom is -0.298 e. The van der Waals surface area contributed by atoms with Crippen LogP contribution in [0.3, 0.4) is 0 Å². The molecule has 0 unspecified atom stereocenters.